The first-order valence-corrected chi connectivity index (χ1v) is 6.24. The zero-order chi connectivity index (χ0) is 12.9. The van der Waals surface area contributed by atoms with Crippen LogP contribution in [0.15, 0.2) is 0 Å². The monoisotopic (exact) mass is 244 g/mol. The second kappa shape index (κ2) is 6.21. The van der Waals surface area contributed by atoms with Crippen LogP contribution in [0.2, 0.25) is 0 Å². The summed E-state index contributed by atoms with van der Waals surface area (Å²) in [6, 6.07) is 0.241. The highest BCUT2D eigenvalue weighted by Gasteiger charge is 2.25. The molecular weight excluding hydrogens is 220 g/mol. The molecule has 0 aromatic rings. The van der Waals surface area contributed by atoms with Crippen LogP contribution in [0.1, 0.15) is 40.5 Å². The molecule has 5 nitrogen and oxygen atoms in total. The maximum absolute atomic E-state index is 11.5. The Bertz CT molecular complexity index is 245. The molecule has 1 fully saturated rings. The first kappa shape index (κ1) is 14.3. The van der Waals surface area contributed by atoms with Crippen LogP contribution < -0.4 is 10.9 Å². The van der Waals surface area contributed by atoms with Gasteiger partial charge in [0.2, 0.25) is 0 Å². The minimum Gasteiger partial charge on any atom is -0.443 e. The summed E-state index contributed by atoms with van der Waals surface area (Å²) < 4.78 is 10.5. The van der Waals surface area contributed by atoms with Gasteiger partial charge in [0.25, 0.3) is 0 Å². The molecule has 0 radical (unpaired) electrons. The molecule has 2 N–H and O–H groups in total. The average molecular weight is 244 g/mol. The van der Waals surface area contributed by atoms with Gasteiger partial charge in [0.15, 0.2) is 0 Å². The standard InChI is InChI=1S/C12H24N2O3/c1-5-10(9-6-7-16-8-9)13-14-11(15)17-12(2,3)4/h9-10,13H,5-8H2,1-4H3,(H,14,15). The van der Waals surface area contributed by atoms with Crippen LogP contribution in [0.5, 0.6) is 0 Å². The van der Waals surface area contributed by atoms with Crippen LogP contribution >= 0.6 is 0 Å². The number of hydrogen-bond donors (Lipinski definition) is 2. The van der Waals surface area contributed by atoms with Crippen LogP contribution in [0, 0.1) is 5.92 Å². The predicted molar refractivity (Wildman–Crippen MR) is 65.5 cm³/mol. The number of rotatable bonds is 4. The third kappa shape index (κ3) is 5.37. The first-order valence-electron chi connectivity index (χ1n) is 6.24. The molecule has 0 aliphatic carbocycles. The van der Waals surface area contributed by atoms with Gasteiger partial charge in [-0.25, -0.2) is 10.2 Å². The van der Waals surface area contributed by atoms with E-state index in [1.54, 1.807) is 0 Å². The second-order valence-corrected chi connectivity index (χ2v) is 5.41. The van der Waals surface area contributed by atoms with Crippen LogP contribution in [0.4, 0.5) is 4.79 Å². The first-order chi connectivity index (χ1) is 7.92. The molecule has 0 aromatic heterocycles. The van der Waals surface area contributed by atoms with Crippen LogP contribution in [-0.2, 0) is 9.47 Å². The van der Waals surface area contributed by atoms with Gasteiger partial charge in [-0.1, -0.05) is 6.92 Å². The molecular formula is C12H24N2O3. The molecule has 2 unspecified atom stereocenters. The lowest BCUT2D eigenvalue weighted by atomic mass is 9.98. The summed E-state index contributed by atoms with van der Waals surface area (Å²) in [4.78, 5) is 11.5. The van der Waals surface area contributed by atoms with E-state index in [0.29, 0.717) is 5.92 Å². The Balaban J connectivity index is 2.29. The van der Waals surface area contributed by atoms with Crippen LogP contribution in [0.3, 0.4) is 0 Å². The van der Waals surface area contributed by atoms with Gasteiger partial charge in [0, 0.05) is 18.6 Å². The third-order valence-electron chi connectivity index (χ3n) is 2.73. The molecule has 0 aromatic carbocycles. The van der Waals surface area contributed by atoms with Crippen molar-refractivity contribution in [3.05, 3.63) is 0 Å². The molecule has 0 bridgehead atoms. The van der Waals surface area contributed by atoms with E-state index in [2.05, 4.69) is 17.8 Å². The highest BCUT2D eigenvalue weighted by Crippen LogP contribution is 2.18. The van der Waals surface area contributed by atoms with Crippen molar-refractivity contribution in [1.29, 1.82) is 0 Å². The van der Waals surface area contributed by atoms with Gasteiger partial charge in [0.05, 0.1) is 6.61 Å². The van der Waals surface area contributed by atoms with Crippen molar-refractivity contribution < 1.29 is 14.3 Å². The van der Waals surface area contributed by atoms with E-state index >= 15 is 0 Å². The number of amides is 1. The molecule has 1 amide bonds. The molecule has 2 atom stereocenters. The number of carbonyl (C=O) groups excluding carboxylic acids is 1. The van der Waals surface area contributed by atoms with Crippen molar-refractivity contribution >= 4 is 6.09 Å². The van der Waals surface area contributed by atoms with Gasteiger partial charge in [-0.05, 0) is 33.6 Å². The minimum atomic E-state index is -0.468. The topological polar surface area (TPSA) is 59.6 Å². The summed E-state index contributed by atoms with van der Waals surface area (Å²) in [5, 5.41) is 0. The summed E-state index contributed by atoms with van der Waals surface area (Å²) in [5.74, 6) is 0.468. The van der Waals surface area contributed by atoms with Crippen molar-refractivity contribution in [3.63, 3.8) is 0 Å². The van der Waals surface area contributed by atoms with Gasteiger partial charge in [-0.3, -0.25) is 5.43 Å². The Morgan fingerprint density at radius 2 is 2.24 bits per heavy atom. The number of nitrogens with one attached hydrogen (secondary N) is 2. The molecule has 5 heteroatoms. The molecule has 1 aliphatic heterocycles. The lowest BCUT2D eigenvalue weighted by Gasteiger charge is -2.24. The van der Waals surface area contributed by atoms with Gasteiger partial charge in [0.1, 0.15) is 5.60 Å². The Kier molecular flexibility index (Phi) is 5.21. The molecule has 17 heavy (non-hydrogen) atoms. The van der Waals surface area contributed by atoms with Crippen molar-refractivity contribution in [2.45, 2.75) is 52.2 Å². The fourth-order valence-corrected chi connectivity index (χ4v) is 1.88. The summed E-state index contributed by atoms with van der Waals surface area (Å²) in [5.41, 5.74) is 5.16. The molecule has 1 rings (SSSR count). The maximum atomic E-state index is 11.5. The quantitative estimate of drug-likeness (QED) is 0.741. The Labute approximate surface area is 103 Å². The number of ether oxygens (including phenoxy) is 2. The zero-order valence-corrected chi connectivity index (χ0v) is 11.2. The Morgan fingerprint density at radius 3 is 2.71 bits per heavy atom. The van der Waals surface area contributed by atoms with E-state index in [1.807, 2.05) is 20.8 Å². The van der Waals surface area contributed by atoms with Gasteiger partial charge < -0.3 is 9.47 Å². The van der Waals surface area contributed by atoms with Gasteiger partial charge >= 0.3 is 6.09 Å². The fraction of sp³-hybridized carbons (Fsp3) is 0.917. The van der Waals surface area contributed by atoms with Crippen molar-refractivity contribution in [2.75, 3.05) is 13.2 Å². The Morgan fingerprint density at radius 1 is 1.53 bits per heavy atom. The van der Waals surface area contributed by atoms with E-state index < -0.39 is 11.7 Å². The number of carbonyl (C=O) groups is 1. The summed E-state index contributed by atoms with van der Waals surface area (Å²) in [6.07, 6.45) is 1.56. The van der Waals surface area contributed by atoms with Crippen molar-refractivity contribution in [1.82, 2.24) is 10.9 Å². The molecule has 100 valence electrons. The molecule has 1 saturated heterocycles. The minimum absolute atomic E-state index is 0.241. The van der Waals surface area contributed by atoms with Crippen molar-refractivity contribution in [3.8, 4) is 0 Å². The van der Waals surface area contributed by atoms with Crippen LogP contribution in [0.25, 0.3) is 0 Å². The maximum Gasteiger partial charge on any atom is 0.422 e. The fourth-order valence-electron chi connectivity index (χ4n) is 1.88. The third-order valence-corrected chi connectivity index (χ3v) is 2.73. The molecule has 0 spiro atoms. The van der Waals surface area contributed by atoms with Gasteiger partial charge in [-0.15, -0.1) is 0 Å². The number of hydrogen-bond acceptors (Lipinski definition) is 4. The van der Waals surface area contributed by atoms with E-state index in [1.165, 1.54) is 0 Å². The summed E-state index contributed by atoms with van der Waals surface area (Å²) in [6.45, 7) is 9.20. The van der Waals surface area contributed by atoms with E-state index in [9.17, 15) is 4.79 Å². The molecule has 1 heterocycles. The van der Waals surface area contributed by atoms with E-state index in [4.69, 9.17) is 9.47 Å². The van der Waals surface area contributed by atoms with Gasteiger partial charge in [-0.2, -0.15) is 0 Å². The smallest absolute Gasteiger partial charge is 0.422 e. The Hall–Kier alpha value is -0.810. The SMILES string of the molecule is CCC(NNC(=O)OC(C)(C)C)C1CCOC1. The highest BCUT2D eigenvalue weighted by molar-refractivity contribution is 5.67. The lowest BCUT2D eigenvalue weighted by molar-refractivity contribution is 0.0476. The zero-order valence-electron chi connectivity index (χ0n) is 11.2. The number of hydrazine groups is 1. The molecule has 0 saturated carbocycles. The molecule has 1 aliphatic rings. The van der Waals surface area contributed by atoms with E-state index in [0.717, 1.165) is 26.1 Å². The second-order valence-electron chi connectivity index (χ2n) is 5.41. The summed E-state index contributed by atoms with van der Waals surface area (Å²) >= 11 is 0. The normalized spacial score (nSPS) is 22.2. The van der Waals surface area contributed by atoms with Crippen LogP contribution in [-0.4, -0.2) is 30.9 Å². The summed E-state index contributed by atoms with van der Waals surface area (Å²) in [7, 11) is 0. The highest BCUT2D eigenvalue weighted by atomic mass is 16.6. The predicted octanol–water partition coefficient (Wildman–Crippen LogP) is 1.83. The largest absolute Gasteiger partial charge is 0.443 e. The average Bonchev–Trinajstić information content (AvgIpc) is 2.69. The lowest BCUT2D eigenvalue weighted by Crippen LogP contribution is -2.49. The van der Waals surface area contributed by atoms with E-state index in [-0.39, 0.29) is 6.04 Å². The van der Waals surface area contributed by atoms with Crippen molar-refractivity contribution in [2.24, 2.45) is 5.92 Å².